The van der Waals surface area contributed by atoms with E-state index in [1.54, 1.807) is 0 Å². The Labute approximate surface area is 96.0 Å². The van der Waals surface area contributed by atoms with Gasteiger partial charge in [0.15, 0.2) is 0 Å². The molecule has 0 fully saturated rings. The van der Waals surface area contributed by atoms with Crippen molar-refractivity contribution in [3.05, 3.63) is 0 Å². The monoisotopic (exact) mass is 276 g/mol. The van der Waals surface area contributed by atoms with Crippen LogP contribution in [0.25, 0.3) is 0 Å². The van der Waals surface area contributed by atoms with Crippen LogP contribution in [0.4, 0.5) is 0 Å². The molecule has 0 rings (SSSR count). The molecule has 0 heterocycles. The Morgan fingerprint density at radius 2 is 1.56 bits per heavy atom. The van der Waals surface area contributed by atoms with E-state index >= 15 is 0 Å². The molecule has 0 aromatic heterocycles. The summed E-state index contributed by atoms with van der Waals surface area (Å²) in [5, 5.41) is 0. The first-order valence-electron chi connectivity index (χ1n) is 4.85. The van der Waals surface area contributed by atoms with Crippen molar-refractivity contribution in [2.24, 2.45) is 0 Å². The van der Waals surface area contributed by atoms with E-state index in [9.17, 15) is 16.8 Å². The lowest BCUT2D eigenvalue weighted by molar-refractivity contribution is 0.258. The molecule has 0 aliphatic carbocycles. The van der Waals surface area contributed by atoms with Crippen LogP contribution in [-0.2, 0) is 28.6 Å². The fourth-order valence-corrected chi connectivity index (χ4v) is 2.31. The van der Waals surface area contributed by atoms with Crippen LogP contribution in [0, 0.1) is 0 Å². The van der Waals surface area contributed by atoms with Crippen LogP contribution in [0.3, 0.4) is 0 Å². The summed E-state index contributed by atoms with van der Waals surface area (Å²) < 4.78 is 57.3. The average molecular weight is 276 g/mol. The summed E-state index contributed by atoms with van der Waals surface area (Å²) in [6, 6.07) is 0. The first kappa shape index (κ1) is 15.8. The van der Waals surface area contributed by atoms with E-state index in [1.807, 2.05) is 6.92 Å². The Balaban J connectivity index is 3.76. The molecule has 1 N–H and O–H groups in total. The van der Waals surface area contributed by atoms with E-state index in [0.29, 0.717) is 6.42 Å². The Bertz CT molecular complexity index is 370. The van der Waals surface area contributed by atoms with Gasteiger partial charge in [0.1, 0.15) is 0 Å². The van der Waals surface area contributed by atoms with Crippen LogP contribution in [0.15, 0.2) is 0 Å². The second-order valence-electron chi connectivity index (χ2n) is 3.14. The van der Waals surface area contributed by atoms with Crippen molar-refractivity contribution in [2.45, 2.75) is 39.0 Å². The third-order valence-corrected chi connectivity index (χ3v) is 3.45. The van der Waals surface area contributed by atoms with Crippen LogP contribution in [-0.4, -0.2) is 28.0 Å². The van der Waals surface area contributed by atoms with Crippen molar-refractivity contribution in [1.29, 1.82) is 0 Å². The molecule has 0 bridgehead atoms. The first-order chi connectivity index (χ1) is 7.27. The minimum absolute atomic E-state index is 0.165. The highest BCUT2D eigenvalue weighted by Gasteiger charge is 2.20. The lowest BCUT2D eigenvalue weighted by atomic mass is 10.2. The predicted molar refractivity (Wildman–Crippen MR) is 56.3 cm³/mol. The molecule has 0 atom stereocenters. The lowest BCUT2D eigenvalue weighted by Crippen LogP contribution is -2.15. The molecule has 0 saturated heterocycles. The van der Waals surface area contributed by atoms with Crippen LogP contribution in [0.5, 0.6) is 0 Å². The van der Waals surface area contributed by atoms with Gasteiger partial charge in [0.05, 0.1) is 6.61 Å². The summed E-state index contributed by atoms with van der Waals surface area (Å²) >= 11 is 0. The summed E-state index contributed by atoms with van der Waals surface area (Å²) in [6.45, 7) is 1.88. The van der Waals surface area contributed by atoms with Gasteiger partial charge in [-0.3, -0.25) is 4.55 Å². The number of unbranched alkanes of at least 4 members (excludes halogenated alkanes) is 4. The second-order valence-corrected chi connectivity index (χ2v) is 5.59. The molecule has 98 valence electrons. The zero-order valence-corrected chi connectivity index (χ0v) is 10.6. The maximum Gasteiger partial charge on any atom is 0.416 e. The van der Waals surface area contributed by atoms with E-state index in [-0.39, 0.29) is 6.61 Å². The highest BCUT2D eigenvalue weighted by Crippen LogP contribution is 2.06. The minimum atomic E-state index is -5.05. The fraction of sp³-hybridized carbons (Fsp3) is 1.00. The van der Waals surface area contributed by atoms with Gasteiger partial charge in [-0.15, -0.1) is 3.63 Å². The molecular weight excluding hydrogens is 260 g/mol. The number of hydrogen-bond acceptors (Lipinski definition) is 6. The zero-order chi connectivity index (χ0) is 12.7. The molecule has 0 saturated carbocycles. The third kappa shape index (κ3) is 10.3. The Hall–Kier alpha value is -0.220. The second kappa shape index (κ2) is 7.17. The quantitative estimate of drug-likeness (QED) is 0.495. The van der Waals surface area contributed by atoms with E-state index in [2.05, 4.69) is 7.81 Å². The Kier molecular flexibility index (Phi) is 7.07. The molecule has 0 aliphatic heterocycles. The van der Waals surface area contributed by atoms with Gasteiger partial charge in [-0.1, -0.05) is 32.6 Å². The summed E-state index contributed by atoms with van der Waals surface area (Å²) in [5.41, 5.74) is 0. The van der Waals surface area contributed by atoms with Crippen molar-refractivity contribution < 1.29 is 29.2 Å². The number of hydrogen-bond donors (Lipinski definition) is 1. The maximum absolute atomic E-state index is 10.8. The summed E-state index contributed by atoms with van der Waals surface area (Å²) in [7, 11) is -9.72. The van der Waals surface area contributed by atoms with Gasteiger partial charge in [0, 0.05) is 0 Å². The number of rotatable bonds is 9. The van der Waals surface area contributed by atoms with Gasteiger partial charge >= 0.3 is 20.8 Å². The molecule has 0 unspecified atom stereocenters. The van der Waals surface area contributed by atoms with Crippen molar-refractivity contribution in [2.75, 3.05) is 6.61 Å². The molecule has 0 aliphatic rings. The highest BCUT2D eigenvalue weighted by molar-refractivity contribution is 7.94. The molecular formula is C7H16O7S2. The fourth-order valence-electron chi connectivity index (χ4n) is 0.992. The van der Waals surface area contributed by atoms with E-state index < -0.39 is 20.8 Å². The molecule has 9 heteroatoms. The van der Waals surface area contributed by atoms with E-state index in [1.165, 1.54) is 0 Å². The largest absolute Gasteiger partial charge is 0.416 e. The summed E-state index contributed by atoms with van der Waals surface area (Å²) in [4.78, 5) is 0. The van der Waals surface area contributed by atoms with Gasteiger partial charge in [0.2, 0.25) is 0 Å². The summed E-state index contributed by atoms with van der Waals surface area (Å²) in [6.07, 6.45) is 4.33. The summed E-state index contributed by atoms with van der Waals surface area (Å²) in [5.74, 6) is 0. The topological polar surface area (TPSA) is 107 Å². The van der Waals surface area contributed by atoms with E-state index in [0.717, 1.165) is 25.7 Å². The molecule has 7 nitrogen and oxygen atoms in total. The molecule has 0 aromatic rings. The normalized spacial score (nSPS) is 12.9. The Morgan fingerprint density at radius 1 is 1.00 bits per heavy atom. The minimum Gasteiger partial charge on any atom is -0.263 e. The maximum atomic E-state index is 10.8. The molecule has 0 spiro atoms. The molecule has 16 heavy (non-hydrogen) atoms. The van der Waals surface area contributed by atoms with Gasteiger partial charge in [-0.2, -0.15) is 16.8 Å². The van der Waals surface area contributed by atoms with Gasteiger partial charge in [0.25, 0.3) is 0 Å². The SMILES string of the molecule is CCCCCCCOS(=O)(=O)OS(=O)(=O)O. The predicted octanol–water partition coefficient (Wildman–Crippen LogP) is 1.04. The van der Waals surface area contributed by atoms with Crippen LogP contribution in [0.2, 0.25) is 0 Å². The molecule has 0 amide bonds. The highest BCUT2D eigenvalue weighted by atomic mass is 32.3. The first-order valence-corrected chi connectivity index (χ1v) is 7.54. The third-order valence-electron chi connectivity index (χ3n) is 1.64. The van der Waals surface area contributed by atoms with Crippen LogP contribution >= 0.6 is 0 Å². The Morgan fingerprint density at radius 3 is 2.06 bits per heavy atom. The standard InChI is InChI=1S/C7H16O7S2/c1-2-3-4-5-6-7-13-16(11,12)14-15(8,9)10/h2-7H2,1H3,(H,8,9,10). The zero-order valence-electron chi connectivity index (χ0n) is 8.96. The van der Waals surface area contributed by atoms with Crippen molar-refractivity contribution in [3.63, 3.8) is 0 Å². The smallest absolute Gasteiger partial charge is 0.263 e. The van der Waals surface area contributed by atoms with Gasteiger partial charge in [-0.05, 0) is 6.42 Å². The van der Waals surface area contributed by atoms with Gasteiger partial charge < -0.3 is 0 Å². The van der Waals surface area contributed by atoms with Crippen LogP contribution < -0.4 is 0 Å². The molecule has 0 radical (unpaired) electrons. The van der Waals surface area contributed by atoms with Gasteiger partial charge in [-0.25, -0.2) is 4.18 Å². The van der Waals surface area contributed by atoms with Crippen molar-refractivity contribution in [3.8, 4) is 0 Å². The molecule has 0 aromatic carbocycles. The van der Waals surface area contributed by atoms with Crippen molar-refractivity contribution in [1.82, 2.24) is 0 Å². The van der Waals surface area contributed by atoms with Crippen molar-refractivity contribution >= 4 is 20.8 Å². The van der Waals surface area contributed by atoms with Crippen LogP contribution in [0.1, 0.15) is 39.0 Å². The van der Waals surface area contributed by atoms with E-state index in [4.69, 9.17) is 4.55 Å². The lowest BCUT2D eigenvalue weighted by Gasteiger charge is -2.03. The average Bonchev–Trinajstić information content (AvgIpc) is 2.06.